The minimum atomic E-state index is -0.619. The number of aromatic nitrogens is 1. The molecule has 0 unspecified atom stereocenters. The maximum atomic E-state index is 15.3. The zero-order chi connectivity index (χ0) is 27.8. The second-order valence-electron chi connectivity index (χ2n) is 10.7. The largest absolute Gasteiger partial charge is 0.494 e. The average molecular weight is 528 g/mol. The number of carbonyl (C=O) groups excluding carboxylic acids is 1. The van der Waals surface area contributed by atoms with Crippen LogP contribution < -0.4 is 24.8 Å². The molecule has 0 radical (unpaired) electrons. The minimum absolute atomic E-state index is 0.0172. The fourth-order valence-electron chi connectivity index (χ4n) is 5.09. The number of nitrogens with two attached hydrogens (primary N) is 1. The van der Waals surface area contributed by atoms with Gasteiger partial charge in [-0.2, -0.15) is 0 Å². The number of piperidine rings is 1. The van der Waals surface area contributed by atoms with Gasteiger partial charge >= 0.3 is 0 Å². The first-order chi connectivity index (χ1) is 18.0. The van der Waals surface area contributed by atoms with Crippen LogP contribution in [0.3, 0.4) is 0 Å². The summed E-state index contributed by atoms with van der Waals surface area (Å²) in [4.78, 5) is 15.8. The van der Waals surface area contributed by atoms with Gasteiger partial charge in [-0.25, -0.2) is 4.39 Å². The second-order valence-corrected chi connectivity index (χ2v) is 10.7. The van der Waals surface area contributed by atoms with Gasteiger partial charge in [0.1, 0.15) is 11.6 Å². The Morgan fingerprint density at radius 1 is 1.13 bits per heavy atom. The fourth-order valence-corrected chi connectivity index (χ4v) is 5.09. The van der Waals surface area contributed by atoms with Gasteiger partial charge < -0.3 is 34.5 Å². The van der Waals surface area contributed by atoms with Crippen molar-refractivity contribution in [3.8, 4) is 17.2 Å². The van der Waals surface area contributed by atoms with E-state index in [1.165, 1.54) is 7.11 Å². The van der Waals surface area contributed by atoms with E-state index in [-0.39, 0.29) is 46.6 Å². The van der Waals surface area contributed by atoms with Crippen molar-refractivity contribution in [1.29, 1.82) is 0 Å². The standard InChI is InChI=1S/C29H38FN3O5/c1-7-38-23-14-18-15-33(28(31)24(18)25(30)27(23)37-6)16-22(35)17-12-20(29(2,3)4)26(36-5)21(13-17)32-10-8-19(34)9-11-32/h12-15,19,34H,7-11,16,31H2,1-6H3. The van der Waals surface area contributed by atoms with Crippen LogP contribution in [0.15, 0.2) is 24.4 Å². The molecular formula is C29H38FN3O5. The number of ether oxygens (including phenoxy) is 3. The fraction of sp³-hybridized carbons (Fsp3) is 0.483. The van der Waals surface area contributed by atoms with Crippen LogP contribution in [-0.4, -0.2) is 55.5 Å². The monoisotopic (exact) mass is 527 g/mol. The van der Waals surface area contributed by atoms with E-state index in [0.717, 1.165) is 17.0 Å². The lowest BCUT2D eigenvalue weighted by Crippen LogP contribution is -2.36. The van der Waals surface area contributed by atoms with E-state index in [2.05, 4.69) is 25.7 Å². The van der Waals surface area contributed by atoms with Gasteiger partial charge in [0, 0.05) is 35.8 Å². The molecule has 1 fully saturated rings. The molecule has 1 aliphatic rings. The molecule has 0 saturated carbocycles. The number of fused-ring (bicyclic) bond motifs is 1. The molecule has 3 N–H and O–H groups in total. The summed E-state index contributed by atoms with van der Waals surface area (Å²) in [5.74, 6) is 0.351. The average Bonchev–Trinajstić information content (AvgIpc) is 3.18. The third kappa shape index (κ3) is 5.12. The summed E-state index contributed by atoms with van der Waals surface area (Å²) in [6.45, 7) is 9.64. The van der Waals surface area contributed by atoms with E-state index in [1.807, 2.05) is 12.1 Å². The minimum Gasteiger partial charge on any atom is -0.494 e. The molecule has 2 heterocycles. The first-order valence-corrected chi connectivity index (χ1v) is 13.0. The number of nitrogen functional groups attached to an aromatic ring is 1. The van der Waals surface area contributed by atoms with Crippen molar-refractivity contribution in [2.24, 2.45) is 0 Å². The number of rotatable bonds is 8. The molecule has 8 nitrogen and oxygen atoms in total. The second kappa shape index (κ2) is 10.7. The first-order valence-electron chi connectivity index (χ1n) is 13.0. The van der Waals surface area contributed by atoms with Gasteiger partial charge in [0.15, 0.2) is 23.1 Å². The molecule has 38 heavy (non-hydrogen) atoms. The Morgan fingerprint density at radius 3 is 2.37 bits per heavy atom. The van der Waals surface area contributed by atoms with E-state index in [9.17, 15) is 9.90 Å². The molecule has 9 heteroatoms. The number of anilines is 2. The molecule has 0 aliphatic carbocycles. The summed E-state index contributed by atoms with van der Waals surface area (Å²) < 4.78 is 33.5. The summed E-state index contributed by atoms with van der Waals surface area (Å²) in [5, 5.41) is 10.7. The number of aliphatic hydroxyl groups is 1. The molecular weight excluding hydrogens is 489 g/mol. The van der Waals surface area contributed by atoms with Crippen LogP contribution in [0.2, 0.25) is 0 Å². The molecule has 3 aromatic rings. The summed E-state index contributed by atoms with van der Waals surface area (Å²) in [6.07, 6.45) is 2.64. The van der Waals surface area contributed by atoms with Crippen molar-refractivity contribution in [3.63, 3.8) is 0 Å². The quantitative estimate of drug-likeness (QED) is 0.401. The number of methoxy groups -OCH3 is 2. The Labute approximate surface area is 223 Å². The topological polar surface area (TPSA) is 99.2 Å². The van der Waals surface area contributed by atoms with Crippen LogP contribution in [0.4, 0.5) is 15.9 Å². The summed E-state index contributed by atoms with van der Waals surface area (Å²) in [5.41, 5.74) is 8.31. The number of ketones is 1. The normalized spacial score (nSPS) is 14.7. The lowest BCUT2D eigenvalue weighted by molar-refractivity contribution is 0.0972. The molecule has 2 aromatic carbocycles. The molecule has 0 bridgehead atoms. The predicted octanol–water partition coefficient (Wildman–Crippen LogP) is 4.92. The SMILES string of the molecule is CCOc1cc2cn(CC(=O)c3cc(N4CCC(O)CC4)c(OC)c(C(C)(C)C)c3)c(N)c2c(F)c1OC. The van der Waals surface area contributed by atoms with E-state index >= 15 is 4.39 Å². The highest BCUT2D eigenvalue weighted by Crippen LogP contribution is 2.42. The number of Topliss-reactive ketones (excluding diaryl/α,β-unsaturated/α-hetero) is 1. The van der Waals surface area contributed by atoms with Gasteiger partial charge in [-0.15, -0.1) is 0 Å². The van der Waals surface area contributed by atoms with Crippen molar-refractivity contribution in [2.75, 3.05) is 44.5 Å². The molecule has 1 saturated heterocycles. The highest BCUT2D eigenvalue weighted by molar-refractivity contribution is 6.00. The van der Waals surface area contributed by atoms with Crippen molar-refractivity contribution < 1.29 is 28.5 Å². The smallest absolute Gasteiger partial charge is 0.197 e. The van der Waals surface area contributed by atoms with Crippen molar-refractivity contribution in [2.45, 2.75) is 58.6 Å². The third-order valence-corrected chi connectivity index (χ3v) is 7.10. The Bertz CT molecular complexity index is 1340. The Kier molecular flexibility index (Phi) is 7.78. The van der Waals surface area contributed by atoms with Crippen LogP contribution in [0.5, 0.6) is 17.2 Å². The molecule has 4 rings (SSSR count). The zero-order valence-electron chi connectivity index (χ0n) is 23.1. The number of hydrogen-bond donors (Lipinski definition) is 2. The van der Waals surface area contributed by atoms with Gasteiger partial charge in [-0.05, 0) is 43.4 Å². The van der Waals surface area contributed by atoms with Gasteiger partial charge in [0.25, 0.3) is 0 Å². The maximum Gasteiger partial charge on any atom is 0.197 e. The molecule has 0 spiro atoms. The van der Waals surface area contributed by atoms with Gasteiger partial charge in [0.05, 0.1) is 44.5 Å². The first kappa shape index (κ1) is 27.6. The third-order valence-electron chi connectivity index (χ3n) is 7.10. The number of hydrogen-bond acceptors (Lipinski definition) is 7. The van der Waals surface area contributed by atoms with Crippen LogP contribution in [0.1, 0.15) is 56.5 Å². The number of nitrogens with zero attached hydrogens (tertiary/aromatic N) is 2. The lowest BCUT2D eigenvalue weighted by atomic mass is 9.84. The summed E-state index contributed by atoms with van der Waals surface area (Å²) in [6, 6.07) is 5.40. The van der Waals surface area contributed by atoms with Crippen molar-refractivity contribution in [3.05, 3.63) is 41.3 Å². The van der Waals surface area contributed by atoms with E-state index in [1.54, 1.807) is 30.9 Å². The van der Waals surface area contributed by atoms with Gasteiger partial charge in [-0.1, -0.05) is 20.8 Å². The predicted molar refractivity (Wildman–Crippen MR) is 148 cm³/mol. The zero-order valence-corrected chi connectivity index (χ0v) is 23.1. The van der Waals surface area contributed by atoms with E-state index in [0.29, 0.717) is 43.5 Å². The number of benzene rings is 2. The number of aliphatic hydroxyl groups excluding tert-OH is 1. The van der Waals surface area contributed by atoms with Crippen LogP contribution >= 0.6 is 0 Å². The van der Waals surface area contributed by atoms with Crippen LogP contribution in [0, 0.1) is 5.82 Å². The molecule has 0 amide bonds. The van der Waals surface area contributed by atoms with Gasteiger partial charge in [0.2, 0.25) is 0 Å². The van der Waals surface area contributed by atoms with Crippen molar-refractivity contribution >= 4 is 28.1 Å². The maximum absolute atomic E-state index is 15.3. The Morgan fingerprint density at radius 2 is 1.79 bits per heavy atom. The van der Waals surface area contributed by atoms with Crippen LogP contribution in [0.25, 0.3) is 10.8 Å². The highest BCUT2D eigenvalue weighted by atomic mass is 19.1. The Balaban J connectivity index is 1.76. The molecule has 206 valence electrons. The number of halogens is 1. The summed E-state index contributed by atoms with van der Waals surface area (Å²) in [7, 11) is 3.01. The van der Waals surface area contributed by atoms with Crippen LogP contribution in [-0.2, 0) is 12.0 Å². The number of carbonyl (C=O) groups is 1. The molecule has 1 aromatic heterocycles. The molecule has 1 aliphatic heterocycles. The van der Waals surface area contributed by atoms with Crippen molar-refractivity contribution in [1.82, 2.24) is 4.57 Å². The highest BCUT2D eigenvalue weighted by Gasteiger charge is 2.28. The van der Waals surface area contributed by atoms with E-state index in [4.69, 9.17) is 19.9 Å². The molecule has 0 atom stereocenters. The Hall–Kier alpha value is -3.46. The lowest BCUT2D eigenvalue weighted by Gasteiger charge is -2.34. The van der Waals surface area contributed by atoms with Gasteiger partial charge in [-0.3, -0.25) is 4.79 Å². The van der Waals surface area contributed by atoms with E-state index < -0.39 is 5.82 Å². The summed E-state index contributed by atoms with van der Waals surface area (Å²) >= 11 is 0.